The predicted molar refractivity (Wildman–Crippen MR) is 77.6 cm³/mol. The van der Waals surface area contributed by atoms with Crippen LogP contribution in [0.4, 0.5) is 0 Å². The van der Waals surface area contributed by atoms with Gasteiger partial charge in [-0.3, -0.25) is 9.89 Å². The largest absolute Gasteiger partial charge is 0.386 e. The molecule has 2 heterocycles. The van der Waals surface area contributed by atoms with Gasteiger partial charge in [0.1, 0.15) is 11.3 Å². The number of aromatic amines is 1. The summed E-state index contributed by atoms with van der Waals surface area (Å²) in [6.45, 7) is 0.881. The summed E-state index contributed by atoms with van der Waals surface area (Å²) in [7, 11) is 0. The topological polar surface area (TPSA) is 69.2 Å². The van der Waals surface area contributed by atoms with Crippen molar-refractivity contribution in [3.8, 4) is 11.3 Å². The third-order valence-electron chi connectivity index (χ3n) is 4.43. The molecule has 0 radical (unpaired) electrons. The van der Waals surface area contributed by atoms with Crippen LogP contribution in [0, 0.1) is 5.92 Å². The molecule has 0 atom stereocenters. The van der Waals surface area contributed by atoms with Crippen molar-refractivity contribution < 1.29 is 9.90 Å². The summed E-state index contributed by atoms with van der Waals surface area (Å²) < 4.78 is 0. The Morgan fingerprint density at radius 3 is 2.67 bits per heavy atom. The molecule has 2 aromatic rings. The van der Waals surface area contributed by atoms with Gasteiger partial charge in [-0.25, -0.2) is 0 Å². The summed E-state index contributed by atoms with van der Waals surface area (Å²) in [5, 5.41) is 17.3. The molecule has 1 aliphatic heterocycles. The lowest BCUT2D eigenvalue weighted by molar-refractivity contribution is -0.0959. The monoisotopic (exact) mass is 283 g/mol. The number of β-amino-alcohol motifs (C(OH)–C–C–N with tert-alkyl or cyclic N) is 1. The second kappa shape index (κ2) is 4.43. The van der Waals surface area contributed by atoms with E-state index in [9.17, 15) is 9.90 Å². The van der Waals surface area contributed by atoms with Crippen LogP contribution >= 0.6 is 0 Å². The smallest absolute Gasteiger partial charge is 0.272 e. The number of carbonyl (C=O) groups excluding carboxylic acids is 1. The van der Waals surface area contributed by atoms with E-state index in [0.717, 1.165) is 24.1 Å². The quantitative estimate of drug-likeness (QED) is 0.900. The minimum absolute atomic E-state index is 0.0880. The Labute approximate surface area is 122 Å². The van der Waals surface area contributed by atoms with Crippen LogP contribution in [0.15, 0.2) is 36.4 Å². The van der Waals surface area contributed by atoms with Gasteiger partial charge in [-0.05, 0) is 24.8 Å². The fraction of sp³-hybridized carbons (Fsp3) is 0.375. The van der Waals surface area contributed by atoms with E-state index in [1.165, 1.54) is 0 Å². The van der Waals surface area contributed by atoms with E-state index >= 15 is 0 Å². The second-order valence-corrected chi connectivity index (χ2v) is 6.07. The average Bonchev–Trinajstić information content (AvgIpc) is 3.22. The van der Waals surface area contributed by atoms with Crippen LogP contribution in [0.1, 0.15) is 23.3 Å². The molecule has 21 heavy (non-hydrogen) atoms. The Hall–Kier alpha value is -2.14. The molecule has 1 aromatic carbocycles. The first-order valence-corrected chi connectivity index (χ1v) is 7.28. The van der Waals surface area contributed by atoms with E-state index in [1.807, 2.05) is 30.3 Å². The van der Waals surface area contributed by atoms with Gasteiger partial charge in [0.25, 0.3) is 5.91 Å². The first-order valence-electron chi connectivity index (χ1n) is 7.28. The average molecular weight is 283 g/mol. The molecule has 5 heteroatoms. The Morgan fingerprint density at radius 1 is 1.29 bits per heavy atom. The summed E-state index contributed by atoms with van der Waals surface area (Å²) in [5.41, 5.74) is 1.58. The fourth-order valence-corrected chi connectivity index (χ4v) is 3.00. The van der Waals surface area contributed by atoms with Gasteiger partial charge in [-0.15, -0.1) is 0 Å². The molecule has 108 valence electrons. The van der Waals surface area contributed by atoms with Crippen LogP contribution < -0.4 is 0 Å². The molecule has 1 saturated carbocycles. The highest BCUT2D eigenvalue weighted by atomic mass is 16.3. The van der Waals surface area contributed by atoms with Gasteiger partial charge in [-0.1, -0.05) is 30.3 Å². The Bertz CT molecular complexity index is 670. The van der Waals surface area contributed by atoms with E-state index in [1.54, 1.807) is 11.0 Å². The first kappa shape index (κ1) is 12.6. The fourth-order valence-electron chi connectivity index (χ4n) is 3.00. The van der Waals surface area contributed by atoms with Gasteiger partial charge >= 0.3 is 0 Å². The highest BCUT2D eigenvalue weighted by Crippen LogP contribution is 2.44. The molecule has 0 spiro atoms. The molecule has 2 N–H and O–H groups in total. The van der Waals surface area contributed by atoms with E-state index in [-0.39, 0.29) is 5.91 Å². The van der Waals surface area contributed by atoms with Gasteiger partial charge in [0, 0.05) is 5.56 Å². The molecule has 1 amide bonds. The molecule has 0 unspecified atom stereocenters. The number of amides is 1. The summed E-state index contributed by atoms with van der Waals surface area (Å²) in [4.78, 5) is 14.0. The predicted octanol–water partition coefficient (Wildman–Crippen LogP) is 1.67. The molecule has 4 rings (SSSR count). The lowest BCUT2D eigenvalue weighted by Gasteiger charge is -2.46. The van der Waals surface area contributed by atoms with Gasteiger partial charge < -0.3 is 10.0 Å². The number of aromatic nitrogens is 2. The molecular formula is C16H17N3O2. The van der Waals surface area contributed by atoms with Gasteiger partial charge in [0.05, 0.1) is 18.8 Å². The number of likely N-dealkylation sites (tertiary alicyclic amines) is 1. The number of carbonyl (C=O) groups is 1. The maximum atomic E-state index is 12.3. The number of rotatable bonds is 3. The van der Waals surface area contributed by atoms with Gasteiger partial charge in [0.2, 0.25) is 0 Å². The molecule has 2 aliphatic rings. The standard InChI is InChI=1S/C16H17N3O2/c20-15(19-9-16(21,10-19)12-6-7-12)14-8-13(17-18-14)11-4-2-1-3-5-11/h1-5,8,12,21H,6-7,9-10H2,(H,17,18). The zero-order valence-corrected chi connectivity index (χ0v) is 11.6. The van der Waals surface area contributed by atoms with Crippen molar-refractivity contribution in [1.82, 2.24) is 15.1 Å². The summed E-state index contributed by atoms with van der Waals surface area (Å²) in [6.07, 6.45) is 2.17. The van der Waals surface area contributed by atoms with Crippen molar-refractivity contribution in [3.63, 3.8) is 0 Å². The number of nitrogens with zero attached hydrogens (tertiary/aromatic N) is 2. The van der Waals surface area contributed by atoms with Crippen LogP contribution in [0.2, 0.25) is 0 Å². The summed E-state index contributed by atoms with van der Waals surface area (Å²) >= 11 is 0. The van der Waals surface area contributed by atoms with Gasteiger partial charge in [-0.2, -0.15) is 5.10 Å². The van der Waals surface area contributed by atoms with Crippen molar-refractivity contribution in [2.75, 3.05) is 13.1 Å². The van der Waals surface area contributed by atoms with Crippen LogP contribution in [0.5, 0.6) is 0 Å². The summed E-state index contributed by atoms with van der Waals surface area (Å²) in [5.74, 6) is 0.304. The highest BCUT2D eigenvalue weighted by molar-refractivity contribution is 5.94. The van der Waals surface area contributed by atoms with E-state index in [4.69, 9.17) is 0 Å². The molecule has 1 aliphatic carbocycles. The maximum Gasteiger partial charge on any atom is 0.272 e. The Balaban J connectivity index is 1.48. The minimum Gasteiger partial charge on any atom is -0.386 e. The molecule has 1 saturated heterocycles. The normalized spacial score (nSPS) is 20.1. The van der Waals surface area contributed by atoms with Crippen LogP contribution in [-0.4, -0.2) is 44.8 Å². The van der Waals surface area contributed by atoms with Crippen LogP contribution in [-0.2, 0) is 0 Å². The molecule has 1 aromatic heterocycles. The number of nitrogens with one attached hydrogen (secondary N) is 1. The number of H-pyrrole nitrogens is 1. The number of hydrogen-bond acceptors (Lipinski definition) is 3. The Kier molecular flexibility index (Phi) is 2.65. The van der Waals surface area contributed by atoms with E-state index < -0.39 is 5.60 Å². The van der Waals surface area contributed by atoms with E-state index in [2.05, 4.69) is 10.2 Å². The minimum atomic E-state index is -0.641. The zero-order chi connectivity index (χ0) is 14.4. The molecule has 2 fully saturated rings. The first-order chi connectivity index (χ1) is 10.2. The van der Waals surface area contributed by atoms with E-state index in [0.29, 0.717) is 24.7 Å². The van der Waals surface area contributed by atoms with Crippen LogP contribution in [0.25, 0.3) is 11.3 Å². The van der Waals surface area contributed by atoms with Crippen molar-refractivity contribution >= 4 is 5.91 Å². The maximum absolute atomic E-state index is 12.3. The highest BCUT2D eigenvalue weighted by Gasteiger charge is 2.53. The van der Waals surface area contributed by atoms with Crippen molar-refractivity contribution in [2.24, 2.45) is 5.92 Å². The lowest BCUT2D eigenvalue weighted by Crippen LogP contribution is -2.64. The molecular weight excluding hydrogens is 266 g/mol. The Morgan fingerprint density at radius 2 is 2.00 bits per heavy atom. The SMILES string of the molecule is O=C(c1cc(-c2ccccc2)n[nH]1)N1CC(O)(C2CC2)C1. The lowest BCUT2D eigenvalue weighted by atomic mass is 9.88. The number of aliphatic hydroxyl groups is 1. The van der Waals surface area contributed by atoms with Gasteiger partial charge in [0.15, 0.2) is 0 Å². The molecule has 0 bridgehead atoms. The summed E-state index contributed by atoms with van der Waals surface area (Å²) in [6, 6.07) is 11.5. The number of hydrogen-bond donors (Lipinski definition) is 2. The third-order valence-corrected chi connectivity index (χ3v) is 4.43. The van der Waals surface area contributed by atoms with Crippen LogP contribution in [0.3, 0.4) is 0 Å². The van der Waals surface area contributed by atoms with Crippen molar-refractivity contribution in [2.45, 2.75) is 18.4 Å². The third kappa shape index (κ3) is 2.14. The number of benzene rings is 1. The molecule has 5 nitrogen and oxygen atoms in total. The van der Waals surface area contributed by atoms with Crippen molar-refractivity contribution in [3.05, 3.63) is 42.1 Å². The van der Waals surface area contributed by atoms with Crippen molar-refractivity contribution in [1.29, 1.82) is 0 Å². The zero-order valence-electron chi connectivity index (χ0n) is 11.6. The second-order valence-electron chi connectivity index (χ2n) is 6.07.